The maximum atomic E-state index is 15.0. The highest BCUT2D eigenvalue weighted by Crippen LogP contribution is 2.43. The van der Waals surface area contributed by atoms with Crippen molar-refractivity contribution in [1.29, 1.82) is 0 Å². The number of fused-ring (bicyclic) bond motifs is 2. The van der Waals surface area contributed by atoms with Gasteiger partial charge in [-0.1, -0.05) is 30.9 Å². The summed E-state index contributed by atoms with van der Waals surface area (Å²) in [6.07, 6.45) is 13.2. The summed E-state index contributed by atoms with van der Waals surface area (Å²) in [4.78, 5) is 19.1. The van der Waals surface area contributed by atoms with Crippen LogP contribution in [0.25, 0.3) is 27.8 Å². The number of carbonyl (C=O) groups excluding carboxylic acids is 1. The molecule has 6 rings (SSSR count). The average Bonchev–Trinajstić information content (AvgIpc) is 3.68. The van der Waals surface area contributed by atoms with Gasteiger partial charge in [0.05, 0.1) is 35.4 Å². The van der Waals surface area contributed by atoms with Crippen LogP contribution < -0.4 is 10.1 Å². The number of aromatic amines is 1. The molecule has 2 saturated carbocycles. The van der Waals surface area contributed by atoms with Gasteiger partial charge >= 0.3 is 0 Å². The van der Waals surface area contributed by atoms with Gasteiger partial charge in [-0.05, 0) is 12.8 Å². The Hall–Kier alpha value is -3.20. The van der Waals surface area contributed by atoms with E-state index >= 15 is 0 Å². The summed E-state index contributed by atoms with van der Waals surface area (Å²) >= 11 is 6.36. The Morgan fingerprint density at radius 3 is 2.77 bits per heavy atom. The monoisotopic (exact) mass is 428 g/mol. The van der Waals surface area contributed by atoms with Crippen LogP contribution in [0, 0.1) is 5.82 Å². The van der Waals surface area contributed by atoms with Gasteiger partial charge in [0.2, 0.25) is 6.41 Å². The molecular weight excluding hydrogens is 411 g/mol. The molecule has 30 heavy (non-hydrogen) atoms. The van der Waals surface area contributed by atoms with Crippen molar-refractivity contribution < 1.29 is 13.9 Å². The lowest BCUT2D eigenvalue weighted by atomic mass is 10.1. The number of imidazole rings is 1. The summed E-state index contributed by atoms with van der Waals surface area (Å²) in [7, 11) is 0. The third-order valence-corrected chi connectivity index (χ3v) is 5.07. The summed E-state index contributed by atoms with van der Waals surface area (Å²) in [5.41, 5.74) is 1.80. The Morgan fingerprint density at radius 2 is 2.07 bits per heavy atom. The highest BCUT2D eigenvalue weighted by molar-refractivity contribution is 6.35. The minimum Gasteiger partial charge on any atom is -0.485 e. The number of benzene rings is 1. The lowest BCUT2D eigenvalue weighted by molar-refractivity contribution is -0.105. The van der Waals surface area contributed by atoms with Crippen LogP contribution in [0.2, 0.25) is 5.02 Å². The number of nitrogens with zero attached hydrogens (tertiary/aromatic N) is 4. The second kappa shape index (κ2) is 7.56. The van der Waals surface area contributed by atoms with E-state index in [1.54, 1.807) is 23.0 Å². The Labute approximate surface area is 175 Å². The van der Waals surface area contributed by atoms with Crippen molar-refractivity contribution in [3.8, 4) is 17.0 Å². The van der Waals surface area contributed by atoms with Crippen molar-refractivity contribution in [3.63, 3.8) is 0 Å². The van der Waals surface area contributed by atoms with Crippen LogP contribution in [-0.4, -0.2) is 37.1 Å². The largest absolute Gasteiger partial charge is 0.485 e. The molecule has 8 nitrogen and oxygen atoms in total. The Bertz CT molecular complexity index is 1240. The van der Waals surface area contributed by atoms with E-state index in [0.717, 1.165) is 12.8 Å². The first-order chi connectivity index (χ1) is 14.7. The molecule has 0 bridgehead atoms. The molecule has 0 unspecified atom stereocenters. The summed E-state index contributed by atoms with van der Waals surface area (Å²) in [6, 6.07) is 0. The zero-order valence-electron chi connectivity index (χ0n) is 15.9. The minimum atomic E-state index is -0.647. The topological polar surface area (TPSA) is 97.2 Å². The van der Waals surface area contributed by atoms with Crippen molar-refractivity contribution in [2.75, 3.05) is 5.32 Å². The van der Waals surface area contributed by atoms with Crippen molar-refractivity contribution in [1.82, 2.24) is 24.6 Å². The van der Waals surface area contributed by atoms with E-state index in [1.807, 2.05) is 0 Å². The zero-order valence-corrected chi connectivity index (χ0v) is 16.6. The second-order valence-corrected chi connectivity index (χ2v) is 7.67. The van der Waals surface area contributed by atoms with Crippen molar-refractivity contribution in [3.05, 3.63) is 35.6 Å². The highest BCUT2D eigenvalue weighted by atomic mass is 35.5. The number of rotatable bonds is 5. The van der Waals surface area contributed by atoms with Crippen molar-refractivity contribution in [2.45, 2.75) is 38.2 Å². The first-order valence-corrected chi connectivity index (χ1v) is 10.1. The van der Waals surface area contributed by atoms with Gasteiger partial charge in [-0.3, -0.25) is 14.9 Å². The normalized spacial score (nSPS) is 15.0. The average molecular weight is 429 g/mol. The molecule has 0 saturated heterocycles. The van der Waals surface area contributed by atoms with E-state index in [4.69, 9.17) is 16.3 Å². The predicted octanol–water partition coefficient (Wildman–Crippen LogP) is 4.34. The van der Waals surface area contributed by atoms with Gasteiger partial charge in [0.25, 0.3) is 0 Å². The molecule has 0 radical (unpaired) electrons. The van der Waals surface area contributed by atoms with Gasteiger partial charge in [-0.25, -0.2) is 9.37 Å². The quantitative estimate of drug-likeness (QED) is 0.461. The SMILES string of the molecule is C1CC1.O=CNc1cn2cc(-c3c(Cl)c(F)c(OC4CC4)c4[nH]ncc34)ncc2n1. The molecule has 1 amide bonds. The smallest absolute Gasteiger partial charge is 0.212 e. The molecule has 3 aromatic heterocycles. The van der Waals surface area contributed by atoms with Crippen LogP contribution in [0.3, 0.4) is 0 Å². The number of amides is 1. The van der Waals surface area contributed by atoms with Gasteiger partial charge in [0.15, 0.2) is 23.0 Å². The number of anilines is 1. The third kappa shape index (κ3) is 3.56. The number of halogens is 2. The van der Waals surface area contributed by atoms with Crippen molar-refractivity contribution >= 4 is 40.4 Å². The molecule has 10 heteroatoms. The number of carbonyl (C=O) groups is 1. The van der Waals surface area contributed by atoms with Crippen LogP contribution in [-0.2, 0) is 4.79 Å². The zero-order chi connectivity index (χ0) is 20.7. The molecule has 3 heterocycles. The Kier molecular flexibility index (Phi) is 4.74. The molecule has 0 aliphatic heterocycles. The molecule has 0 atom stereocenters. The molecule has 0 spiro atoms. The van der Waals surface area contributed by atoms with Crippen LogP contribution in [0.4, 0.5) is 10.2 Å². The van der Waals surface area contributed by atoms with Gasteiger partial charge in [0, 0.05) is 17.1 Å². The van der Waals surface area contributed by atoms with E-state index in [9.17, 15) is 9.18 Å². The maximum Gasteiger partial charge on any atom is 0.212 e. The van der Waals surface area contributed by atoms with Crippen LogP contribution in [0.5, 0.6) is 5.75 Å². The van der Waals surface area contributed by atoms with Crippen LogP contribution in [0.1, 0.15) is 32.1 Å². The Morgan fingerprint density at radius 1 is 1.27 bits per heavy atom. The standard InChI is InChI=1S/C17H12ClFN6O2.C3H6/c18-14-13(10-5-25-6-11(21-7-26)23-12(25)4-20-10)9-3-22-24-16(9)17(15(14)19)27-8-1-2-8;1-2-3-1/h3-8H,1-2H2,(H,21,26)(H,22,24);1-3H2. The molecule has 2 fully saturated rings. The number of H-pyrrole nitrogens is 1. The predicted molar refractivity (Wildman–Crippen MR) is 110 cm³/mol. The highest BCUT2D eigenvalue weighted by Gasteiger charge is 2.29. The van der Waals surface area contributed by atoms with Crippen molar-refractivity contribution in [2.24, 2.45) is 0 Å². The lowest BCUT2D eigenvalue weighted by Gasteiger charge is -2.12. The number of nitrogens with one attached hydrogen (secondary N) is 2. The maximum absolute atomic E-state index is 15.0. The lowest BCUT2D eigenvalue weighted by Crippen LogP contribution is -2.01. The minimum absolute atomic E-state index is 0.0112. The molecule has 154 valence electrons. The van der Waals surface area contributed by atoms with Gasteiger partial charge in [-0.15, -0.1) is 0 Å². The Balaban J connectivity index is 0.000000592. The van der Waals surface area contributed by atoms with Gasteiger partial charge in [0.1, 0.15) is 5.52 Å². The molecule has 2 N–H and O–H groups in total. The molecule has 2 aliphatic carbocycles. The van der Waals surface area contributed by atoms with E-state index in [1.165, 1.54) is 25.5 Å². The third-order valence-electron chi connectivity index (χ3n) is 4.71. The molecule has 4 aromatic rings. The molecule has 2 aliphatic rings. The first-order valence-electron chi connectivity index (χ1n) is 9.71. The number of aromatic nitrogens is 5. The first kappa shape index (κ1) is 18.8. The second-order valence-electron chi connectivity index (χ2n) is 7.29. The van der Waals surface area contributed by atoms with Gasteiger partial charge < -0.3 is 14.5 Å². The van der Waals surface area contributed by atoms with E-state index in [-0.39, 0.29) is 16.9 Å². The summed E-state index contributed by atoms with van der Waals surface area (Å²) in [5, 5.41) is 9.81. The summed E-state index contributed by atoms with van der Waals surface area (Å²) < 4.78 is 22.3. The fraction of sp³-hybridized carbons (Fsp3) is 0.300. The number of hydrogen-bond donors (Lipinski definition) is 2. The number of ether oxygens (including phenoxy) is 1. The van der Waals surface area contributed by atoms with Crippen LogP contribution >= 0.6 is 11.6 Å². The van der Waals surface area contributed by atoms with E-state index in [2.05, 4.69) is 25.5 Å². The summed E-state index contributed by atoms with van der Waals surface area (Å²) in [5.74, 6) is -0.186. The summed E-state index contributed by atoms with van der Waals surface area (Å²) in [6.45, 7) is 0. The fourth-order valence-electron chi connectivity index (χ4n) is 2.96. The fourth-order valence-corrected chi connectivity index (χ4v) is 3.24. The van der Waals surface area contributed by atoms with Crippen LogP contribution in [0.15, 0.2) is 24.8 Å². The molecular formula is C20H18ClFN6O2. The number of hydrogen-bond acceptors (Lipinski definition) is 5. The molecule has 1 aromatic carbocycles. The van der Waals surface area contributed by atoms with E-state index in [0.29, 0.717) is 40.0 Å². The van der Waals surface area contributed by atoms with E-state index < -0.39 is 5.82 Å². The van der Waals surface area contributed by atoms with Gasteiger partial charge in [-0.2, -0.15) is 5.10 Å².